The molecule has 0 unspecified atom stereocenters. The van der Waals surface area contributed by atoms with Crippen LogP contribution < -0.4 is 5.32 Å². The Kier molecular flexibility index (Phi) is 4.51. The summed E-state index contributed by atoms with van der Waals surface area (Å²) < 4.78 is 5.63. The number of pyridine rings is 2. The summed E-state index contributed by atoms with van der Waals surface area (Å²) in [7, 11) is 0. The first-order chi connectivity index (χ1) is 16.5. The number of carbonyl (C=O) groups is 2. The molecule has 0 atom stereocenters. The summed E-state index contributed by atoms with van der Waals surface area (Å²) in [6.45, 7) is 2.54. The molecule has 1 aromatic carbocycles. The van der Waals surface area contributed by atoms with Crippen molar-refractivity contribution in [2.75, 3.05) is 18.4 Å². The van der Waals surface area contributed by atoms with Crippen LogP contribution in [0.3, 0.4) is 0 Å². The molecule has 0 saturated carbocycles. The fourth-order valence-corrected chi connectivity index (χ4v) is 4.79. The van der Waals surface area contributed by atoms with Gasteiger partial charge in [0.05, 0.1) is 17.6 Å². The van der Waals surface area contributed by atoms with Crippen molar-refractivity contribution in [2.45, 2.75) is 18.9 Å². The van der Waals surface area contributed by atoms with Crippen LogP contribution in [0.15, 0.2) is 61.6 Å². The Morgan fingerprint density at radius 2 is 1.94 bits per heavy atom. The Bertz CT molecular complexity index is 1450. The SMILES string of the molecule is Cc1ccc2c(-c3cncnc3)c(COC(=O)N3CC4(C3)C(=O)Nc3cnccc34)ncc2c1. The van der Waals surface area contributed by atoms with Crippen molar-refractivity contribution >= 4 is 28.5 Å². The zero-order chi connectivity index (χ0) is 23.3. The summed E-state index contributed by atoms with van der Waals surface area (Å²) in [4.78, 5) is 43.9. The van der Waals surface area contributed by atoms with Crippen molar-refractivity contribution in [3.63, 3.8) is 0 Å². The molecule has 2 aliphatic heterocycles. The summed E-state index contributed by atoms with van der Waals surface area (Å²) in [5.41, 5.74) is 4.21. The summed E-state index contributed by atoms with van der Waals surface area (Å²) in [5.74, 6) is -0.114. The van der Waals surface area contributed by atoms with Gasteiger partial charge in [0.2, 0.25) is 5.91 Å². The molecule has 9 heteroatoms. The van der Waals surface area contributed by atoms with Crippen LogP contribution in [0.25, 0.3) is 21.9 Å². The predicted molar refractivity (Wildman–Crippen MR) is 124 cm³/mol. The molecule has 1 fully saturated rings. The lowest BCUT2D eigenvalue weighted by Crippen LogP contribution is -2.64. The predicted octanol–water partition coefficient (Wildman–Crippen LogP) is 3.24. The highest BCUT2D eigenvalue weighted by Crippen LogP contribution is 2.44. The maximum atomic E-state index is 12.8. The number of benzene rings is 1. The molecule has 0 radical (unpaired) electrons. The van der Waals surface area contributed by atoms with Gasteiger partial charge in [0.1, 0.15) is 18.3 Å². The molecule has 4 aromatic rings. The molecule has 9 nitrogen and oxygen atoms in total. The van der Waals surface area contributed by atoms with E-state index >= 15 is 0 Å². The molecular formula is C25H20N6O3. The van der Waals surface area contributed by atoms with Crippen LogP contribution in [-0.2, 0) is 21.6 Å². The van der Waals surface area contributed by atoms with Gasteiger partial charge in [0.15, 0.2) is 0 Å². The second-order valence-corrected chi connectivity index (χ2v) is 8.67. The van der Waals surface area contributed by atoms with Gasteiger partial charge in [0, 0.05) is 54.4 Å². The van der Waals surface area contributed by atoms with E-state index in [1.807, 2.05) is 25.1 Å². The second kappa shape index (κ2) is 7.58. The van der Waals surface area contributed by atoms with Gasteiger partial charge < -0.3 is 15.0 Å². The maximum Gasteiger partial charge on any atom is 0.410 e. The number of fused-ring (bicyclic) bond motifs is 3. The number of hydrogen-bond donors (Lipinski definition) is 1. The lowest BCUT2D eigenvalue weighted by molar-refractivity contribution is -0.126. The highest BCUT2D eigenvalue weighted by atomic mass is 16.6. The number of carbonyl (C=O) groups excluding carboxylic acids is 2. The maximum absolute atomic E-state index is 12.8. The van der Waals surface area contributed by atoms with Crippen LogP contribution >= 0.6 is 0 Å². The van der Waals surface area contributed by atoms with Crippen molar-refractivity contribution in [3.05, 3.63) is 78.4 Å². The van der Waals surface area contributed by atoms with Crippen LogP contribution in [0.1, 0.15) is 16.8 Å². The molecule has 1 N–H and O–H groups in total. The van der Waals surface area contributed by atoms with E-state index in [-0.39, 0.29) is 25.6 Å². The number of hydrogen-bond acceptors (Lipinski definition) is 7. The number of aryl methyl sites for hydroxylation is 1. The molecule has 1 saturated heterocycles. The first-order valence-corrected chi connectivity index (χ1v) is 10.9. The quantitative estimate of drug-likeness (QED) is 0.508. The minimum Gasteiger partial charge on any atom is -0.443 e. The third kappa shape index (κ3) is 3.08. The molecule has 0 bridgehead atoms. The minimum atomic E-state index is -0.733. The van der Waals surface area contributed by atoms with E-state index in [2.05, 4.69) is 31.3 Å². The van der Waals surface area contributed by atoms with Crippen molar-refractivity contribution in [3.8, 4) is 11.1 Å². The van der Waals surface area contributed by atoms with E-state index in [9.17, 15) is 9.59 Å². The fraction of sp³-hybridized carbons (Fsp3) is 0.200. The molecule has 2 aliphatic rings. The molecule has 6 rings (SSSR count). The molecule has 2 amide bonds. The number of aromatic nitrogens is 4. The summed E-state index contributed by atoms with van der Waals surface area (Å²) in [6.07, 6.45) is 9.50. The lowest BCUT2D eigenvalue weighted by Gasteiger charge is -2.45. The average Bonchev–Trinajstić information content (AvgIpc) is 3.13. The highest BCUT2D eigenvalue weighted by Gasteiger charge is 2.57. The first kappa shape index (κ1) is 20.2. The molecule has 168 valence electrons. The van der Waals surface area contributed by atoms with E-state index in [0.29, 0.717) is 11.4 Å². The van der Waals surface area contributed by atoms with Crippen LogP contribution in [0.2, 0.25) is 0 Å². The van der Waals surface area contributed by atoms with E-state index in [0.717, 1.165) is 33.0 Å². The van der Waals surface area contributed by atoms with Gasteiger partial charge in [0.25, 0.3) is 0 Å². The Morgan fingerprint density at radius 3 is 2.76 bits per heavy atom. The number of ether oxygens (including phenoxy) is 1. The zero-order valence-electron chi connectivity index (χ0n) is 18.4. The van der Waals surface area contributed by atoms with E-state index in [1.54, 1.807) is 31.0 Å². The van der Waals surface area contributed by atoms with Gasteiger partial charge in [-0.15, -0.1) is 0 Å². The van der Waals surface area contributed by atoms with Gasteiger partial charge in [-0.2, -0.15) is 0 Å². The normalized spacial score (nSPS) is 15.7. The van der Waals surface area contributed by atoms with Gasteiger partial charge in [-0.3, -0.25) is 14.8 Å². The van der Waals surface area contributed by atoms with Crippen LogP contribution in [0.4, 0.5) is 10.5 Å². The third-order valence-electron chi connectivity index (χ3n) is 6.51. The smallest absolute Gasteiger partial charge is 0.410 e. The summed E-state index contributed by atoms with van der Waals surface area (Å²) in [6, 6.07) is 7.95. The van der Waals surface area contributed by atoms with Gasteiger partial charge in [-0.1, -0.05) is 17.7 Å². The molecule has 5 heterocycles. The topological polar surface area (TPSA) is 110 Å². The van der Waals surface area contributed by atoms with Gasteiger partial charge in [-0.25, -0.2) is 14.8 Å². The first-order valence-electron chi connectivity index (χ1n) is 10.9. The molecular weight excluding hydrogens is 432 g/mol. The minimum absolute atomic E-state index is 0.0108. The number of likely N-dealkylation sites (tertiary alicyclic amines) is 1. The van der Waals surface area contributed by atoms with Crippen molar-refractivity contribution in [2.24, 2.45) is 0 Å². The van der Waals surface area contributed by atoms with E-state index < -0.39 is 11.5 Å². The Labute approximate surface area is 194 Å². The van der Waals surface area contributed by atoms with Crippen molar-refractivity contribution < 1.29 is 14.3 Å². The Hall–Kier alpha value is -4.40. The highest BCUT2D eigenvalue weighted by molar-refractivity contribution is 6.08. The van der Waals surface area contributed by atoms with E-state index in [1.165, 1.54) is 11.2 Å². The number of amides is 2. The standard InChI is InChI=1S/C25H20N6O3/c1-15-2-3-18-16(6-15)9-29-21(22(18)17-7-27-14-28-8-17)11-34-24(33)31-12-25(13-31)19-4-5-26-10-20(19)30-23(25)32/h2-10,14H,11-13H2,1H3,(H,30,32). The fourth-order valence-electron chi connectivity index (χ4n) is 4.79. The van der Waals surface area contributed by atoms with Crippen molar-refractivity contribution in [1.29, 1.82) is 0 Å². The largest absolute Gasteiger partial charge is 0.443 e. The van der Waals surface area contributed by atoms with Crippen LogP contribution in [0, 0.1) is 6.92 Å². The summed E-state index contributed by atoms with van der Waals surface area (Å²) >= 11 is 0. The number of nitrogens with one attached hydrogen (secondary N) is 1. The number of anilines is 1. The molecule has 34 heavy (non-hydrogen) atoms. The van der Waals surface area contributed by atoms with Crippen molar-refractivity contribution in [1.82, 2.24) is 24.8 Å². The van der Waals surface area contributed by atoms with E-state index in [4.69, 9.17) is 4.74 Å². The molecule has 3 aromatic heterocycles. The second-order valence-electron chi connectivity index (χ2n) is 8.67. The van der Waals surface area contributed by atoms with Gasteiger partial charge >= 0.3 is 6.09 Å². The summed E-state index contributed by atoms with van der Waals surface area (Å²) in [5, 5.41) is 4.82. The molecule has 1 spiro atoms. The number of nitrogens with zero attached hydrogens (tertiary/aromatic N) is 5. The van der Waals surface area contributed by atoms with Gasteiger partial charge in [-0.05, 0) is 30.0 Å². The Balaban J connectivity index is 1.24. The van der Waals surface area contributed by atoms with Crippen LogP contribution in [-0.4, -0.2) is 49.9 Å². The third-order valence-corrected chi connectivity index (χ3v) is 6.51. The van der Waals surface area contributed by atoms with Crippen LogP contribution in [0.5, 0.6) is 0 Å². The number of rotatable bonds is 3. The molecule has 0 aliphatic carbocycles. The Morgan fingerprint density at radius 1 is 1.12 bits per heavy atom. The monoisotopic (exact) mass is 452 g/mol. The lowest BCUT2D eigenvalue weighted by atomic mass is 9.75. The average molecular weight is 452 g/mol. The zero-order valence-corrected chi connectivity index (χ0v) is 18.4.